The lowest BCUT2D eigenvalue weighted by Crippen LogP contribution is -2.45. The minimum Gasteiger partial charge on any atom is -0.465 e. The number of likely N-dealkylation sites (N-methyl/N-ethyl adjacent to an activating group) is 1. The lowest BCUT2D eigenvalue weighted by molar-refractivity contribution is -0.177. The predicted molar refractivity (Wildman–Crippen MR) is 270 cm³/mol. The van der Waals surface area contributed by atoms with E-state index in [1.165, 1.54) is 70.3 Å². The monoisotopic (exact) mass is 949 g/mol. The van der Waals surface area contributed by atoms with Crippen molar-refractivity contribution in [3.8, 4) is 0 Å². The Labute approximate surface area is 409 Å². The highest BCUT2D eigenvalue weighted by Crippen LogP contribution is 2.23. The molecule has 0 saturated carbocycles. The van der Waals surface area contributed by atoms with Gasteiger partial charge >= 0.3 is 29.8 Å². The van der Waals surface area contributed by atoms with E-state index in [1.54, 1.807) is 0 Å². The third-order valence-electron chi connectivity index (χ3n) is 13.2. The van der Waals surface area contributed by atoms with Crippen LogP contribution in [-0.4, -0.2) is 111 Å². The van der Waals surface area contributed by atoms with Gasteiger partial charge in [-0.15, -0.1) is 0 Å². The van der Waals surface area contributed by atoms with E-state index in [-0.39, 0.29) is 69.5 Å². The number of esters is 5. The first-order chi connectivity index (χ1) is 32.5. The first-order valence-corrected chi connectivity index (χ1v) is 27.4. The Kier molecular flexibility index (Phi) is 38.8. The molecule has 12 heteroatoms. The standard InChI is InChI=1S/C55H100N2O10/c1-7-12-16-20-22-26-34-48(32-24-18-14-9-3)53(61)63-44-30-28-36-50(58)65-46-55(11-5,47-66-51(59)38-39-57-42-40-56(6)41-43-57)67-52(60)37-29-31-45-64-54(62)49(33-25-19-15-10-4)35-27-23-21-17-13-8-2/h11,48-49H,5,7-10,12-47H2,1-4,6H3/t48?,49?,55-/m1/s1. The fourth-order valence-corrected chi connectivity index (χ4v) is 8.47. The highest BCUT2D eigenvalue weighted by Gasteiger charge is 2.35. The molecule has 1 saturated heterocycles. The van der Waals surface area contributed by atoms with E-state index in [0.29, 0.717) is 32.2 Å². The van der Waals surface area contributed by atoms with Crippen LogP contribution in [0.15, 0.2) is 12.7 Å². The summed E-state index contributed by atoms with van der Waals surface area (Å²) in [6.45, 7) is 16.6. The molecule has 0 radical (unpaired) electrons. The molecule has 1 fully saturated rings. The molecule has 1 heterocycles. The Hall–Kier alpha value is -2.99. The third kappa shape index (κ3) is 33.2. The highest BCUT2D eigenvalue weighted by molar-refractivity contribution is 5.73. The van der Waals surface area contributed by atoms with Gasteiger partial charge in [0, 0.05) is 45.6 Å². The van der Waals surface area contributed by atoms with Gasteiger partial charge in [-0.3, -0.25) is 24.0 Å². The van der Waals surface area contributed by atoms with Gasteiger partial charge in [-0.1, -0.05) is 163 Å². The second kappa shape index (κ2) is 41.9. The van der Waals surface area contributed by atoms with Gasteiger partial charge in [-0.2, -0.15) is 0 Å². The fraction of sp³-hybridized carbons (Fsp3) is 0.873. The molecule has 390 valence electrons. The van der Waals surface area contributed by atoms with Crippen LogP contribution in [0, 0.1) is 11.8 Å². The molecule has 0 bridgehead atoms. The smallest absolute Gasteiger partial charge is 0.308 e. The predicted octanol–water partition coefficient (Wildman–Crippen LogP) is 12.3. The molecule has 2 unspecified atom stereocenters. The molecule has 67 heavy (non-hydrogen) atoms. The van der Waals surface area contributed by atoms with E-state index < -0.39 is 23.5 Å². The lowest BCUT2D eigenvalue weighted by atomic mass is 9.94. The molecule has 1 aliphatic rings. The number of carbonyl (C=O) groups excluding carboxylic acids is 5. The van der Waals surface area contributed by atoms with Crippen LogP contribution in [0.1, 0.15) is 227 Å². The Bertz CT molecular complexity index is 1290. The molecular formula is C55H100N2O10. The maximum Gasteiger partial charge on any atom is 0.308 e. The van der Waals surface area contributed by atoms with Crippen LogP contribution < -0.4 is 0 Å². The van der Waals surface area contributed by atoms with E-state index in [4.69, 9.17) is 23.7 Å². The summed E-state index contributed by atoms with van der Waals surface area (Å²) in [6, 6.07) is 0. The zero-order valence-corrected chi connectivity index (χ0v) is 43.7. The molecule has 0 N–H and O–H groups in total. The van der Waals surface area contributed by atoms with Crippen molar-refractivity contribution in [1.29, 1.82) is 0 Å². The first kappa shape index (κ1) is 62.0. The lowest BCUT2D eigenvalue weighted by Gasteiger charge is -2.32. The SMILES string of the molecule is C=C[C@@](COC(=O)CCCCOC(=O)C(CCCCCC)CCCCCCCC)(COC(=O)CCN1CCN(C)CC1)OC(=O)CCCCOC(=O)C(CCCCCC)CCCCCCCC. The molecule has 0 aromatic carbocycles. The fourth-order valence-electron chi connectivity index (χ4n) is 8.47. The van der Waals surface area contributed by atoms with Gasteiger partial charge in [0.1, 0.15) is 13.2 Å². The van der Waals surface area contributed by atoms with Gasteiger partial charge in [0.05, 0.1) is 31.5 Å². The van der Waals surface area contributed by atoms with Crippen molar-refractivity contribution in [1.82, 2.24) is 9.80 Å². The summed E-state index contributed by atoms with van der Waals surface area (Å²) in [4.78, 5) is 69.9. The minimum atomic E-state index is -1.58. The number of hydrogen-bond acceptors (Lipinski definition) is 12. The topological polar surface area (TPSA) is 138 Å². The molecule has 0 aliphatic carbocycles. The summed E-state index contributed by atoms with van der Waals surface area (Å²) >= 11 is 0. The average Bonchev–Trinajstić information content (AvgIpc) is 3.32. The molecule has 1 aliphatic heterocycles. The van der Waals surface area contributed by atoms with Gasteiger partial charge < -0.3 is 33.5 Å². The third-order valence-corrected chi connectivity index (χ3v) is 13.2. The largest absolute Gasteiger partial charge is 0.465 e. The Balaban J connectivity index is 2.73. The van der Waals surface area contributed by atoms with Crippen molar-refractivity contribution < 1.29 is 47.7 Å². The molecule has 1 rings (SSSR count). The zero-order valence-electron chi connectivity index (χ0n) is 43.7. The van der Waals surface area contributed by atoms with Crippen LogP contribution in [0.3, 0.4) is 0 Å². The maximum atomic E-state index is 13.3. The number of hydrogen-bond donors (Lipinski definition) is 0. The second-order valence-corrected chi connectivity index (χ2v) is 19.4. The number of ether oxygens (including phenoxy) is 5. The van der Waals surface area contributed by atoms with E-state index in [1.807, 2.05) is 0 Å². The summed E-state index contributed by atoms with van der Waals surface area (Å²) in [6.07, 6.45) is 30.1. The number of carbonyl (C=O) groups is 5. The van der Waals surface area contributed by atoms with Gasteiger partial charge in [0.15, 0.2) is 5.60 Å². The second-order valence-electron chi connectivity index (χ2n) is 19.4. The maximum absolute atomic E-state index is 13.3. The number of rotatable bonds is 45. The van der Waals surface area contributed by atoms with Gasteiger partial charge in [0.25, 0.3) is 0 Å². The first-order valence-electron chi connectivity index (χ1n) is 27.4. The van der Waals surface area contributed by atoms with E-state index >= 15 is 0 Å². The van der Waals surface area contributed by atoms with Crippen molar-refractivity contribution in [2.24, 2.45) is 11.8 Å². The van der Waals surface area contributed by atoms with Crippen LogP contribution in [0.5, 0.6) is 0 Å². The van der Waals surface area contributed by atoms with E-state index in [9.17, 15) is 24.0 Å². The normalized spacial score (nSPS) is 15.0. The number of piperazine rings is 1. The molecular weight excluding hydrogens is 849 g/mol. The highest BCUT2D eigenvalue weighted by atomic mass is 16.6. The Morgan fingerprint density at radius 2 is 0.851 bits per heavy atom. The van der Waals surface area contributed by atoms with Crippen LogP contribution in [0.2, 0.25) is 0 Å². The summed E-state index contributed by atoms with van der Waals surface area (Å²) < 4.78 is 28.6. The summed E-state index contributed by atoms with van der Waals surface area (Å²) in [5.41, 5.74) is -1.58. The summed E-state index contributed by atoms with van der Waals surface area (Å²) in [5, 5.41) is 0. The Morgan fingerprint density at radius 1 is 0.478 bits per heavy atom. The van der Waals surface area contributed by atoms with E-state index in [2.05, 4.69) is 51.1 Å². The van der Waals surface area contributed by atoms with Crippen LogP contribution in [0.25, 0.3) is 0 Å². The van der Waals surface area contributed by atoms with Gasteiger partial charge in [0.2, 0.25) is 0 Å². The van der Waals surface area contributed by atoms with Crippen molar-refractivity contribution in [2.45, 2.75) is 232 Å². The molecule has 3 atom stereocenters. The van der Waals surface area contributed by atoms with Crippen LogP contribution >= 0.6 is 0 Å². The molecule has 0 aromatic heterocycles. The van der Waals surface area contributed by atoms with E-state index in [0.717, 1.165) is 116 Å². The van der Waals surface area contributed by atoms with Crippen molar-refractivity contribution in [2.75, 3.05) is 66.2 Å². The van der Waals surface area contributed by atoms with Gasteiger partial charge in [-0.25, -0.2) is 0 Å². The average molecular weight is 949 g/mol. The zero-order chi connectivity index (χ0) is 49.2. The van der Waals surface area contributed by atoms with Crippen LogP contribution in [-0.2, 0) is 47.7 Å². The quantitative estimate of drug-likeness (QED) is 0.0249. The van der Waals surface area contributed by atoms with Crippen molar-refractivity contribution in [3.05, 3.63) is 12.7 Å². The summed E-state index contributed by atoms with van der Waals surface area (Å²) in [7, 11) is 2.08. The molecule has 0 aromatic rings. The minimum absolute atomic E-state index is 0.0356. The molecule has 0 amide bonds. The van der Waals surface area contributed by atoms with Gasteiger partial charge in [-0.05, 0) is 64.5 Å². The van der Waals surface area contributed by atoms with Crippen molar-refractivity contribution >= 4 is 29.8 Å². The molecule has 0 spiro atoms. The Morgan fingerprint density at radius 3 is 1.27 bits per heavy atom. The summed E-state index contributed by atoms with van der Waals surface area (Å²) in [5.74, 6) is -1.96. The number of unbranched alkanes of at least 4 members (excludes halogenated alkanes) is 18. The van der Waals surface area contributed by atoms with Crippen molar-refractivity contribution in [3.63, 3.8) is 0 Å². The van der Waals surface area contributed by atoms with Crippen LogP contribution in [0.4, 0.5) is 0 Å². The molecule has 12 nitrogen and oxygen atoms in total. The number of nitrogens with zero attached hydrogens (tertiary/aromatic N) is 2.